The molecule has 2 heterocycles. The largest absolute Gasteiger partial charge is 0.376 e. The van der Waals surface area contributed by atoms with Crippen LogP contribution in [-0.4, -0.2) is 14.8 Å². The third-order valence-electron chi connectivity index (χ3n) is 2.39. The maximum atomic E-state index is 11.9. The van der Waals surface area contributed by atoms with Gasteiger partial charge in [0.05, 0.1) is 25.0 Å². The Kier molecular flexibility index (Phi) is 4.34. The van der Waals surface area contributed by atoms with Gasteiger partial charge in [0.25, 0.3) is 5.56 Å². The summed E-state index contributed by atoms with van der Waals surface area (Å²) >= 11 is 7.61. The highest BCUT2D eigenvalue weighted by Crippen LogP contribution is 2.18. The van der Waals surface area contributed by atoms with E-state index in [2.05, 4.69) is 22.0 Å². The van der Waals surface area contributed by atoms with E-state index in [4.69, 9.17) is 11.6 Å². The average Bonchev–Trinajstić information content (AvgIpc) is 2.80. The molecule has 0 amide bonds. The number of aromatic nitrogens is 3. The van der Waals surface area contributed by atoms with Gasteiger partial charge in [0.1, 0.15) is 10.0 Å². The van der Waals surface area contributed by atoms with Crippen LogP contribution in [0.3, 0.4) is 0 Å². The minimum Gasteiger partial charge on any atom is -0.376 e. The molecule has 0 fully saturated rings. The van der Waals surface area contributed by atoms with Crippen molar-refractivity contribution in [2.24, 2.45) is 0 Å². The fourth-order valence-electron chi connectivity index (χ4n) is 1.49. The molecule has 19 heavy (non-hydrogen) atoms. The van der Waals surface area contributed by atoms with Crippen LogP contribution in [0.15, 0.2) is 29.8 Å². The van der Waals surface area contributed by atoms with Crippen LogP contribution in [0.5, 0.6) is 0 Å². The van der Waals surface area contributed by atoms with Crippen LogP contribution < -0.4 is 10.9 Å². The predicted molar refractivity (Wildman–Crippen MR) is 77.9 cm³/mol. The molecule has 2 aromatic heterocycles. The SMILES string of the molecule is C=CCn1ncc(NCc2ncc(C)s2)c(Cl)c1=O. The summed E-state index contributed by atoms with van der Waals surface area (Å²) in [7, 11) is 0. The molecule has 0 atom stereocenters. The van der Waals surface area contributed by atoms with Crippen molar-refractivity contribution < 1.29 is 0 Å². The molecule has 0 saturated carbocycles. The first-order valence-corrected chi connectivity index (χ1v) is 6.83. The van der Waals surface area contributed by atoms with Crippen molar-refractivity contribution in [3.05, 3.63) is 50.3 Å². The van der Waals surface area contributed by atoms with Crippen molar-refractivity contribution in [1.29, 1.82) is 0 Å². The lowest BCUT2D eigenvalue weighted by molar-refractivity contribution is 0.653. The molecule has 2 aromatic rings. The van der Waals surface area contributed by atoms with Gasteiger partial charge in [-0.05, 0) is 6.92 Å². The van der Waals surface area contributed by atoms with E-state index in [1.807, 2.05) is 13.1 Å². The first-order valence-electron chi connectivity index (χ1n) is 5.63. The topological polar surface area (TPSA) is 59.8 Å². The van der Waals surface area contributed by atoms with Gasteiger partial charge in [-0.2, -0.15) is 5.10 Å². The quantitative estimate of drug-likeness (QED) is 0.861. The second-order valence-corrected chi connectivity index (χ2v) is 5.56. The molecule has 0 radical (unpaired) electrons. The summed E-state index contributed by atoms with van der Waals surface area (Å²) in [6.45, 7) is 6.41. The molecular formula is C12H13ClN4OS. The number of hydrogen-bond donors (Lipinski definition) is 1. The molecule has 1 N–H and O–H groups in total. The summed E-state index contributed by atoms with van der Waals surface area (Å²) in [6, 6.07) is 0. The summed E-state index contributed by atoms with van der Waals surface area (Å²) in [5.41, 5.74) is 0.182. The Bertz CT molecular complexity index is 649. The lowest BCUT2D eigenvalue weighted by Crippen LogP contribution is -2.23. The summed E-state index contributed by atoms with van der Waals surface area (Å²) in [4.78, 5) is 17.2. The van der Waals surface area contributed by atoms with Gasteiger partial charge in [-0.1, -0.05) is 17.7 Å². The number of halogens is 1. The van der Waals surface area contributed by atoms with Crippen molar-refractivity contribution in [2.45, 2.75) is 20.0 Å². The number of rotatable bonds is 5. The van der Waals surface area contributed by atoms with E-state index in [-0.39, 0.29) is 10.6 Å². The molecule has 0 aromatic carbocycles. The van der Waals surface area contributed by atoms with Gasteiger partial charge in [-0.3, -0.25) is 4.79 Å². The Hall–Kier alpha value is -1.66. The van der Waals surface area contributed by atoms with E-state index >= 15 is 0 Å². The third kappa shape index (κ3) is 3.21. The Balaban J connectivity index is 2.15. The van der Waals surface area contributed by atoms with Crippen molar-refractivity contribution in [2.75, 3.05) is 5.32 Å². The molecule has 7 heteroatoms. The first kappa shape index (κ1) is 13.8. The zero-order valence-electron chi connectivity index (χ0n) is 10.4. The normalized spacial score (nSPS) is 10.4. The molecule has 0 spiro atoms. The molecule has 0 saturated heterocycles. The van der Waals surface area contributed by atoms with Crippen LogP contribution in [0.2, 0.25) is 5.02 Å². The maximum Gasteiger partial charge on any atom is 0.287 e. The number of hydrogen-bond acceptors (Lipinski definition) is 5. The molecule has 0 aliphatic heterocycles. The smallest absolute Gasteiger partial charge is 0.287 e. The lowest BCUT2D eigenvalue weighted by atomic mass is 10.4. The highest BCUT2D eigenvalue weighted by Gasteiger charge is 2.09. The minimum atomic E-state index is -0.332. The number of thiazole rings is 1. The Morgan fingerprint density at radius 2 is 2.37 bits per heavy atom. The molecule has 5 nitrogen and oxygen atoms in total. The standard InChI is InChI=1S/C12H13ClN4OS/c1-3-4-17-12(18)11(13)9(6-16-17)14-7-10-15-5-8(2)19-10/h3,5-6,14H,1,4,7H2,2H3. The summed E-state index contributed by atoms with van der Waals surface area (Å²) in [5.74, 6) is 0. The molecule has 100 valence electrons. The van der Waals surface area contributed by atoms with Gasteiger partial charge in [-0.15, -0.1) is 17.9 Å². The van der Waals surface area contributed by atoms with Crippen LogP contribution >= 0.6 is 22.9 Å². The molecule has 2 rings (SSSR count). The predicted octanol–water partition coefficient (Wildman–Crippen LogP) is 2.46. The Morgan fingerprint density at radius 3 is 3.00 bits per heavy atom. The van der Waals surface area contributed by atoms with Crippen molar-refractivity contribution in [3.63, 3.8) is 0 Å². The summed E-state index contributed by atoms with van der Waals surface area (Å²) < 4.78 is 1.26. The minimum absolute atomic E-state index is 0.130. The van der Waals surface area contributed by atoms with Crippen molar-refractivity contribution in [3.8, 4) is 0 Å². The Labute approximate surface area is 119 Å². The van der Waals surface area contributed by atoms with E-state index in [1.165, 1.54) is 10.9 Å². The van der Waals surface area contributed by atoms with Gasteiger partial charge in [0, 0.05) is 11.1 Å². The van der Waals surface area contributed by atoms with E-state index in [1.54, 1.807) is 17.4 Å². The molecule has 0 aliphatic carbocycles. The highest BCUT2D eigenvalue weighted by atomic mass is 35.5. The highest BCUT2D eigenvalue weighted by molar-refractivity contribution is 7.11. The van der Waals surface area contributed by atoms with Crippen molar-refractivity contribution >= 4 is 28.6 Å². The van der Waals surface area contributed by atoms with E-state index in [9.17, 15) is 4.79 Å². The van der Waals surface area contributed by atoms with Crippen LogP contribution in [0.1, 0.15) is 9.88 Å². The van der Waals surface area contributed by atoms with Crippen molar-refractivity contribution in [1.82, 2.24) is 14.8 Å². The van der Waals surface area contributed by atoms with Gasteiger partial charge < -0.3 is 5.32 Å². The first-order chi connectivity index (χ1) is 9.11. The average molecular weight is 297 g/mol. The summed E-state index contributed by atoms with van der Waals surface area (Å²) in [6.07, 6.45) is 4.94. The van der Waals surface area contributed by atoms with E-state index < -0.39 is 0 Å². The molecular weight excluding hydrogens is 284 g/mol. The number of nitrogens with zero attached hydrogens (tertiary/aromatic N) is 3. The lowest BCUT2D eigenvalue weighted by Gasteiger charge is -2.08. The van der Waals surface area contributed by atoms with Gasteiger partial charge in [-0.25, -0.2) is 9.67 Å². The van der Waals surface area contributed by atoms with Crippen LogP contribution in [-0.2, 0) is 13.1 Å². The monoisotopic (exact) mass is 296 g/mol. The number of aryl methyl sites for hydroxylation is 1. The number of allylic oxidation sites excluding steroid dienone is 1. The zero-order valence-corrected chi connectivity index (χ0v) is 12.0. The third-order valence-corrected chi connectivity index (χ3v) is 3.66. The molecule has 0 aliphatic rings. The zero-order chi connectivity index (χ0) is 13.8. The van der Waals surface area contributed by atoms with Gasteiger partial charge >= 0.3 is 0 Å². The summed E-state index contributed by atoms with van der Waals surface area (Å²) in [5, 5.41) is 8.15. The van der Waals surface area contributed by atoms with Crippen LogP contribution in [0, 0.1) is 6.92 Å². The van der Waals surface area contributed by atoms with Crippen LogP contribution in [0.4, 0.5) is 5.69 Å². The second-order valence-electron chi connectivity index (χ2n) is 3.87. The number of anilines is 1. The Morgan fingerprint density at radius 1 is 1.58 bits per heavy atom. The van der Waals surface area contributed by atoms with E-state index in [0.29, 0.717) is 18.8 Å². The fourth-order valence-corrected chi connectivity index (χ4v) is 2.43. The molecule has 0 bridgehead atoms. The van der Waals surface area contributed by atoms with Crippen LogP contribution in [0.25, 0.3) is 0 Å². The maximum absolute atomic E-state index is 11.9. The molecule has 0 unspecified atom stereocenters. The van der Waals surface area contributed by atoms with E-state index in [0.717, 1.165) is 9.88 Å². The second kappa shape index (κ2) is 5.99. The fraction of sp³-hybridized carbons (Fsp3) is 0.250. The van der Waals surface area contributed by atoms with Gasteiger partial charge in [0.2, 0.25) is 0 Å². The number of nitrogens with one attached hydrogen (secondary N) is 1. The van der Waals surface area contributed by atoms with Gasteiger partial charge in [0.15, 0.2) is 0 Å².